The average Bonchev–Trinajstić information content (AvgIpc) is 2.67. The van der Waals surface area contributed by atoms with Crippen molar-refractivity contribution in [2.24, 2.45) is 17.6 Å². The van der Waals surface area contributed by atoms with Crippen LogP contribution in [0.1, 0.15) is 20.3 Å². The van der Waals surface area contributed by atoms with Gasteiger partial charge in [-0.15, -0.1) is 0 Å². The van der Waals surface area contributed by atoms with E-state index in [-0.39, 0.29) is 17.9 Å². The van der Waals surface area contributed by atoms with Gasteiger partial charge in [0.05, 0.1) is 12.6 Å². The van der Waals surface area contributed by atoms with Crippen LogP contribution in [0.2, 0.25) is 0 Å². The van der Waals surface area contributed by atoms with Crippen molar-refractivity contribution in [3.63, 3.8) is 0 Å². The minimum atomic E-state index is -0.377. The van der Waals surface area contributed by atoms with Gasteiger partial charge in [-0.3, -0.25) is 4.79 Å². The molecular formula is C11H22N2O2. The molecule has 0 saturated carbocycles. The monoisotopic (exact) mass is 214 g/mol. The van der Waals surface area contributed by atoms with Gasteiger partial charge in [0.2, 0.25) is 5.91 Å². The molecule has 1 heterocycles. The summed E-state index contributed by atoms with van der Waals surface area (Å²) < 4.78 is 5.28. The fraction of sp³-hybridized carbons (Fsp3) is 0.909. The topological polar surface area (TPSA) is 55.6 Å². The van der Waals surface area contributed by atoms with Gasteiger partial charge in [0.1, 0.15) is 0 Å². The zero-order valence-corrected chi connectivity index (χ0v) is 9.90. The summed E-state index contributed by atoms with van der Waals surface area (Å²) in [6.07, 6.45) is 1.05. The molecular weight excluding hydrogens is 192 g/mol. The summed E-state index contributed by atoms with van der Waals surface area (Å²) in [4.78, 5) is 13.6. The SMILES string of the molecule is CC(C)[C@H](N)C(=O)N(C)CC1CCOC1. The second-order valence-electron chi connectivity index (χ2n) is 4.72. The van der Waals surface area contributed by atoms with Gasteiger partial charge in [-0.05, 0) is 12.3 Å². The number of rotatable bonds is 4. The number of likely N-dealkylation sites (N-methyl/N-ethyl adjacent to an activating group) is 1. The van der Waals surface area contributed by atoms with E-state index in [1.807, 2.05) is 20.9 Å². The Balaban J connectivity index is 2.38. The summed E-state index contributed by atoms with van der Waals surface area (Å²) in [5.41, 5.74) is 5.81. The molecule has 4 nitrogen and oxygen atoms in total. The summed E-state index contributed by atoms with van der Waals surface area (Å²) in [7, 11) is 1.82. The van der Waals surface area contributed by atoms with Gasteiger partial charge in [0.25, 0.3) is 0 Å². The number of carbonyl (C=O) groups is 1. The summed E-state index contributed by atoms with van der Waals surface area (Å²) in [5, 5.41) is 0. The Morgan fingerprint density at radius 2 is 2.27 bits per heavy atom. The summed E-state index contributed by atoms with van der Waals surface area (Å²) in [5.74, 6) is 0.718. The van der Waals surface area contributed by atoms with Gasteiger partial charge in [-0.2, -0.15) is 0 Å². The van der Waals surface area contributed by atoms with Crippen LogP contribution in [0.4, 0.5) is 0 Å². The van der Waals surface area contributed by atoms with Crippen molar-refractivity contribution in [3.05, 3.63) is 0 Å². The number of carbonyl (C=O) groups excluding carboxylic acids is 1. The van der Waals surface area contributed by atoms with Crippen molar-refractivity contribution in [3.8, 4) is 0 Å². The quantitative estimate of drug-likeness (QED) is 0.740. The smallest absolute Gasteiger partial charge is 0.239 e. The summed E-state index contributed by atoms with van der Waals surface area (Å²) in [6, 6.07) is -0.377. The number of nitrogens with two attached hydrogens (primary N) is 1. The van der Waals surface area contributed by atoms with Gasteiger partial charge in [0.15, 0.2) is 0 Å². The maximum absolute atomic E-state index is 11.8. The third kappa shape index (κ3) is 3.47. The van der Waals surface area contributed by atoms with Gasteiger partial charge >= 0.3 is 0 Å². The first-order valence-electron chi connectivity index (χ1n) is 5.60. The Hall–Kier alpha value is -0.610. The van der Waals surface area contributed by atoms with Gasteiger partial charge in [-0.25, -0.2) is 0 Å². The lowest BCUT2D eigenvalue weighted by Gasteiger charge is -2.25. The molecule has 0 radical (unpaired) electrons. The van der Waals surface area contributed by atoms with Crippen LogP contribution in [-0.4, -0.2) is 43.7 Å². The summed E-state index contributed by atoms with van der Waals surface area (Å²) >= 11 is 0. The first kappa shape index (κ1) is 12.5. The van der Waals surface area contributed by atoms with E-state index in [0.717, 1.165) is 26.2 Å². The van der Waals surface area contributed by atoms with Crippen molar-refractivity contribution < 1.29 is 9.53 Å². The molecule has 88 valence electrons. The third-order valence-electron chi connectivity index (χ3n) is 2.94. The van der Waals surface area contributed by atoms with E-state index in [2.05, 4.69) is 0 Å². The average molecular weight is 214 g/mol. The second kappa shape index (κ2) is 5.47. The number of hydrogen-bond donors (Lipinski definition) is 1. The van der Waals surface area contributed by atoms with E-state index < -0.39 is 0 Å². The molecule has 1 fully saturated rings. The van der Waals surface area contributed by atoms with Crippen LogP contribution in [0, 0.1) is 11.8 Å². The molecule has 1 aliphatic heterocycles. The molecule has 15 heavy (non-hydrogen) atoms. The fourth-order valence-corrected chi connectivity index (χ4v) is 1.74. The van der Waals surface area contributed by atoms with E-state index in [1.54, 1.807) is 4.90 Å². The van der Waals surface area contributed by atoms with Crippen LogP contribution in [0.5, 0.6) is 0 Å². The molecule has 1 unspecified atom stereocenters. The number of amides is 1. The molecule has 0 bridgehead atoms. The largest absolute Gasteiger partial charge is 0.381 e. The van der Waals surface area contributed by atoms with Crippen LogP contribution in [-0.2, 0) is 9.53 Å². The van der Waals surface area contributed by atoms with Crippen LogP contribution in [0.3, 0.4) is 0 Å². The zero-order valence-electron chi connectivity index (χ0n) is 9.90. The molecule has 4 heteroatoms. The molecule has 0 aromatic heterocycles. The lowest BCUT2D eigenvalue weighted by Crippen LogP contribution is -2.46. The molecule has 1 saturated heterocycles. The van der Waals surface area contributed by atoms with Crippen molar-refractivity contribution in [2.45, 2.75) is 26.3 Å². The molecule has 0 aliphatic carbocycles. The zero-order chi connectivity index (χ0) is 11.4. The first-order valence-corrected chi connectivity index (χ1v) is 5.60. The van der Waals surface area contributed by atoms with Gasteiger partial charge in [-0.1, -0.05) is 13.8 Å². The molecule has 2 N–H and O–H groups in total. The minimum absolute atomic E-state index is 0.0388. The highest BCUT2D eigenvalue weighted by Gasteiger charge is 2.24. The van der Waals surface area contributed by atoms with Crippen molar-refractivity contribution in [1.82, 2.24) is 4.90 Å². The highest BCUT2D eigenvalue weighted by Crippen LogP contribution is 2.14. The molecule has 0 aromatic carbocycles. The van der Waals surface area contributed by atoms with Crippen LogP contribution in [0.25, 0.3) is 0 Å². The second-order valence-corrected chi connectivity index (χ2v) is 4.72. The molecule has 2 atom stereocenters. The summed E-state index contributed by atoms with van der Waals surface area (Å²) in [6.45, 7) is 6.29. The van der Waals surface area contributed by atoms with E-state index in [4.69, 9.17) is 10.5 Å². The Morgan fingerprint density at radius 3 is 2.73 bits per heavy atom. The maximum Gasteiger partial charge on any atom is 0.239 e. The highest BCUT2D eigenvalue weighted by atomic mass is 16.5. The molecule has 1 aliphatic rings. The lowest BCUT2D eigenvalue weighted by atomic mass is 10.0. The predicted molar refractivity (Wildman–Crippen MR) is 59.4 cm³/mol. The molecule has 1 amide bonds. The highest BCUT2D eigenvalue weighted by molar-refractivity contribution is 5.81. The van der Waals surface area contributed by atoms with E-state index in [9.17, 15) is 4.79 Å². The lowest BCUT2D eigenvalue weighted by molar-refractivity contribution is -0.132. The predicted octanol–water partition coefficient (Wildman–Crippen LogP) is 0.465. The van der Waals surface area contributed by atoms with Crippen LogP contribution in [0.15, 0.2) is 0 Å². The molecule has 1 rings (SSSR count). The Morgan fingerprint density at radius 1 is 1.60 bits per heavy atom. The third-order valence-corrected chi connectivity index (χ3v) is 2.94. The van der Waals surface area contributed by atoms with E-state index in [0.29, 0.717) is 5.92 Å². The fourth-order valence-electron chi connectivity index (χ4n) is 1.74. The Kier molecular flexibility index (Phi) is 4.54. The van der Waals surface area contributed by atoms with Crippen LogP contribution >= 0.6 is 0 Å². The first-order chi connectivity index (χ1) is 7.02. The normalized spacial score (nSPS) is 23.1. The minimum Gasteiger partial charge on any atom is -0.381 e. The number of hydrogen-bond acceptors (Lipinski definition) is 3. The molecule has 0 spiro atoms. The number of nitrogens with zero attached hydrogens (tertiary/aromatic N) is 1. The number of ether oxygens (including phenoxy) is 1. The van der Waals surface area contributed by atoms with E-state index >= 15 is 0 Å². The van der Waals surface area contributed by atoms with E-state index in [1.165, 1.54) is 0 Å². The van der Waals surface area contributed by atoms with Crippen molar-refractivity contribution >= 4 is 5.91 Å². The van der Waals surface area contributed by atoms with Crippen molar-refractivity contribution in [2.75, 3.05) is 26.8 Å². The van der Waals surface area contributed by atoms with Crippen molar-refractivity contribution in [1.29, 1.82) is 0 Å². The standard InChI is InChI=1S/C11H22N2O2/c1-8(2)10(12)11(14)13(3)6-9-4-5-15-7-9/h8-10H,4-7,12H2,1-3H3/t9?,10-/m0/s1. The Labute approximate surface area is 91.8 Å². The Bertz CT molecular complexity index is 213. The van der Waals surface area contributed by atoms with Gasteiger partial charge < -0.3 is 15.4 Å². The van der Waals surface area contributed by atoms with Crippen LogP contribution < -0.4 is 5.73 Å². The van der Waals surface area contributed by atoms with Gasteiger partial charge in [0, 0.05) is 26.1 Å². The maximum atomic E-state index is 11.8. The molecule has 0 aromatic rings.